The van der Waals surface area contributed by atoms with E-state index in [1.807, 2.05) is 13.8 Å². The van der Waals surface area contributed by atoms with Crippen molar-refractivity contribution < 1.29 is 47.3 Å². The van der Waals surface area contributed by atoms with Gasteiger partial charge in [0.05, 0.1) is 98.9 Å². The van der Waals surface area contributed by atoms with Crippen LogP contribution >= 0.6 is 0 Å². The molecule has 318 valence electrons. The molecule has 2 rings (SSSR count). The van der Waals surface area contributed by atoms with Crippen LogP contribution in [-0.4, -0.2) is 147 Å². The van der Waals surface area contributed by atoms with E-state index < -0.39 is 17.4 Å². The number of hydrogen-bond donors (Lipinski definition) is 6. The Morgan fingerprint density at radius 2 is 1.42 bits per heavy atom. The van der Waals surface area contributed by atoms with Gasteiger partial charge >= 0.3 is 0 Å². The Bertz CT molecular complexity index is 1170. The van der Waals surface area contributed by atoms with Gasteiger partial charge in [-0.1, -0.05) is 33.1 Å². The number of likely N-dealkylation sites (N-methyl/N-ethyl adjacent to an activating group) is 1. The van der Waals surface area contributed by atoms with E-state index in [0.717, 1.165) is 74.5 Å². The lowest BCUT2D eigenvalue weighted by atomic mass is 9.96. The molecule has 0 bridgehead atoms. The van der Waals surface area contributed by atoms with Crippen molar-refractivity contribution >= 4 is 23.6 Å². The highest BCUT2D eigenvalue weighted by atomic mass is 16.6. The van der Waals surface area contributed by atoms with Gasteiger partial charge in [-0.05, 0) is 50.9 Å². The highest BCUT2D eigenvalue weighted by molar-refractivity contribution is 5.91. The lowest BCUT2D eigenvalue weighted by molar-refractivity contribution is -0.869. The fraction of sp³-hybridized carbons (Fsp3) is 0.846. The molecule has 0 aliphatic heterocycles. The van der Waals surface area contributed by atoms with Gasteiger partial charge in [-0.2, -0.15) is 0 Å². The number of ether oxygens (including phenoxy) is 5. The zero-order chi connectivity index (χ0) is 40.5. The van der Waals surface area contributed by atoms with Gasteiger partial charge in [0.15, 0.2) is 0 Å². The molecule has 0 spiro atoms. The second-order valence-corrected chi connectivity index (χ2v) is 16.0. The van der Waals surface area contributed by atoms with E-state index >= 15 is 0 Å². The highest BCUT2D eigenvalue weighted by Crippen LogP contribution is 2.50. The van der Waals surface area contributed by atoms with Crippen LogP contribution in [0.15, 0.2) is 11.4 Å². The van der Waals surface area contributed by atoms with Gasteiger partial charge < -0.3 is 60.9 Å². The van der Waals surface area contributed by atoms with Crippen molar-refractivity contribution in [3.63, 3.8) is 0 Å². The number of unbranched alkanes of at least 4 members (excludes halogenated alkanes) is 1. The molecule has 0 aromatic carbocycles. The molecule has 16 nitrogen and oxygen atoms in total. The summed E-state index contributed by atoms with van der Waals surface area (Å²) >= 11 is 0. The van der Waals surface area contributed by atoms with Gasteiger partial charge in [-0.25, -0.2) is 0 Å². The molecule has 4 amide bonds. The maximum atomic E-state index is 12.8. The Balaban J connectivity index is 1.51. The molecule has 2 atom stereocenters. The van der Waals surface area contributed by atoms with E-state index in [9.17, 15) is 19.2 Å². The normalized spacial score (nSPS) is 17.6. The van der Waals surface area contributed by atoms with Crippen molar-refractivity contribution in [3.05, 3.63) is 11.4 Å². The number of nitrogens with zero attached hydrogens (tertiary/aromatic N) is 1. The standard InChI is InChI=1S/C39H73N7O9/c1-30(2)36(37(41)49)45-38(50)39(15-16-39)14-9-10-17-43-34(48)29-55-32-12-8-6-7-11-31(35(32)40)42-19-22-52-24-26-54-28-27-53-25-23-51-21-13-33(47)44-18-20-46(3,4)5/h30,32,36,42H,6-29,40H2,1-5H3,(H4-,41,43,44,45,47,48,49,50)/p+1. The van der Waals surface area contributed by atoms with E-state index in [0.29, 0.717) is 91.0 Å². The van der Waals surface area contributed by atoms with Crippen molar-refractivity contribution in [1.82, 2.24) is 21.3 Å². The number of nitrogens with one attached hydrogen (secondary N) is 4. The van der Waals surface area contributed by atoms with Crippen LogP contribution in [0.4, 0.5) is 0 Å². The molecule has 0 aromatic heterocycles. The first-order valence-electron chi connectivity index (χ1n) is 20.3. The second-order valence-electron chi connectivity index (χ2n) is 16.0. The number of nitrogens with two attached hydrogens (primary N) is 2. The largest absolute Gasteiger partial charge is 0.399 e. The molecule has 0 radical (unpaired) electrons. The zero-order valence-corrected chi connectivity index (χ0v) is 34.5. The van der Waals surface area contributed by atoms with Crippen LogP contribution in [0.5, 0.6) is 0 Å². The summed E-state index contributed by atoms with van der Waals surface area (Å²) in [6.45, 7) is 9.83. The topological polar surface area (TPSA) is 215 Å². The zero-order valence-electron chi connectivity index (χ0n) is 34.5. The summed E-state index contributed by atoms with van der Waals surface area (Å²) < 4.78 is 29.1. The molecule has 2 unspecified atom stereocenters. The van der Waals surface area contributed by atoms with Gasteiger partial charge in [0.2, 0.25) is 23.6 Å². The number of primary amides is 1. The Morgan fingerprint density at radius 1 is 0.800 bits per heavy atom. The molecule has 0 aromatic rings. The van der Waals surface area contributed by atoms with Crippen molar-refractivity contribution in [2.24, 2.45) is 22.8 Å². The van der Waals surface area contributed by atoms with Crippen molar-refractivity contribution in [2.45, 2.75) is 96.6 Å². The summed E-state index contributed by atoms with van der Waals surface area (Å²) in [5.74, 6) is -0.881. The summed E-state index contributed by atoms with van der Waals surface area (Å²) in [4.78, 5) is 48.9. The van der Waals surface area contributed by atoms with E-state index in [2.05, 4.69) is 42.4 Å². The highest BCUT2D eigenvalue weighted by Gasteiger charge is 2.49. The number of allylic oxidation sites excluding steroid dienone is 1. The Hall–Kier alpha value is -3.02. The van der Waals surface area contributed by atoms with E-state index in [1.165, 1.54) is 0 Å². The third-order valence-electron chi connectivity index (χ3n) is 9.78. The molecule has 1 saturated carbocycles. The van der Waals surface area contributed by atoms with Crippen molar-refractivity contribution in [2.75, 3.05) is 107 Å². The predicted octanol–water partition coefficient (Wildman–Crippen LogP) is 1.07. The smallest absolute Gasteiger partial charge is 0.246 e. The van der Waals surface area contributed by atoms with Crippen molar-refractivity contribution in [3.8, 4) is 0 Å². The van der Waals surface area contributed by atoms with Gasteiger partial charge in [-0.15, -0.1) is 0 Å². The third kappa shape index (κ3) is 21.8. The summed E-state index contributed by atoms with van der Waals surface area (Å²) in [5.41, 5.74) is 13.2. The SMILES string of the molecule is CC(C)C(NC(=O)C1(CCCCNC(=O)COC2CCCCCC(NCCOCCOCCOCCOCCC(=O)NCC[N+](C)(C)C)=C2N)CC1)C(N)=O. The molecule has 8 N–H and O–H groups in total. The Labute approximate surface area is 329 Å². The monoisotopic (exact) mass is 785 g/mol. The van der Waals surface area contributed by atoms with Gasteiger partial charge in [0, 0.05) is 30.6 Å². The first-order chi connectivity index (χ1) is 26.2. The predicted molar refractivity (Wildman–Crippen MR) is 210 cm³/mol. The molecule has 2 aliphatic rings. The molecule has 0 heterocycles. The average Bonchev–Trinajstić information content (AvgIpc) is 3.91. The molecule has 16 heteroatoms. The number of quaternary nitrogens is 1. The van der Waals surface area contributed by atoms with Crippen LogP contribution in [0.3, 0.4) is 0 Å². The lowest BCUT2D eigenvalue weighted by Gasteiger charge is -2.25. The number of amides is 4. The van der Waals surface area contributed by atoms with E-state index in [-0.39, 0.29) is 36.4 Å². The molecule has 1 fully saturated rings. The van der Waals surface area contributed by atoms with E-state index in [1.54, 1.807) is 0 Å². The minimum Gasteiger partial charge on any atom is -0.399 e. The summed E-state index contributed by atoms with van der Waals surface area (Å²) in [7, 11) is 6.26. The van der Waals surface area contributed by atoms with Crippen LogP contribution in [0.25, 0.3) is 0 Å². The fourth-order valence-electron chi connectivity index (χ4n) is 6.13. The van der Waals surface area contributed by atoms with Crippen LogP contribution in [0.2, 0.25) is 0 Å². The molecule has 0 saturated heterocycles. The first-order valence-corrected chi connectivity index (χ1v) is 20.3. The minimum atomic E-state index is -0.665. The number of rotatable bonds is 31. The van der Waals surface area contributed by atoms with Gasteiger partial charge in [-0.3, -0.25) is 19.2 Å². The summed E-state index contributed by atoms with van der Waals surface area (Å²) in [5, 5.41) is 12.1. The lowest BCUT2D eigenvalue weighted by Crippen LogP contribution is -2.50. The number of hydrogen-bond acceptors (Lipinski definition) is 11. The van der Waals surface area contributed by atoms with Gasteiger partial charge in [0.1, 0.15) is 12.6 Å². The fourth-order valence-corrected chi connectivity index (χ4v) is 6.13. The molecular formula is C39H74N7O9+. The van der Waals surface area contributed by atoms with E-state index in [4.69, 9.17) is 35.2 Å². The maximum Gasteiger partial charge on any atom is 0.246 e. The second kappa shape index (κ2) is 26.8. The summed E-state index contributed by atoms with van der Waals surface area (Å²) in [6.07, 6.45) is 8.48. The van der Waals surface area contributed by atoms with Crippen LogP contribution in [0.1, 0.15) is 84.5 Å². The maximum absolute atomic E-state index is 12.8. The van der Waals surface area contributed by atoms with Crippen LogP contribution in [0, 0.1) is 11.3 Å². The number of carbonyl (C=O) groups is 4. The minimum absolute atomic E-state index is 0.00243. The quantitative estimate of drug-likeness (QED) is 0.0432. The average molecular weight is 785 g/mol. The molecular weight excluding hydrogens is 710 g/mol. The summed E-state index contributed by atoms with van der Waals surface area (Å²) in [6, 6.07) is -0.665. The Kier molecular flexibility index (Phi) is 23.4. The Morgan fingerprint density at radius 3 is 2.02 bits per heavy atom. The van der Waals surface area contributed by atoms with Crippen LogP contribution in [-0.2, 0) is 42.9 Å². The molecule has 55 heavy (non-hydrogen) atoms. The van der Waals surface area contributed by atoms with Crippen molar-refractivity contribution in [1.29, 1.82) is 0 Å². The van der Waals surface area contributed by atoms with Crippen LogP contribution < -0.4 is 32.7 Å². The molecule has 2 aliphatic carbocycles. The van der Waals surface area contributed by atoms with Gasteiger partial charge in [0.25, 0.3) is 0 Å². The number of carbonyl (C=O) groups excluding carboxylic acids is 4. The third-order valence-corrected chi connectivity index (χ3v) is 9.78. The first kappa shape index (κ1) is 48.1.